The van der Waals surface area contributed by atoms with Crippen LogP contribution in [0.4, 0.5) is 5.69 Å². The molecule has 19 heavy (non-hydrogen) atoms. The van der Waals surface area contributed by atoms with E-state index in [4.69, 9.17) is 17.3 Å². The number of aromatic nitrogens is 2. The molecule has 1 aromatic heterocycles. The molecule has 0 radical (unpaired) electrons. The fourth-order valence-corrected chi connectivity index (χ4v) is 2.64. The van der Waals surface area contributed by atoms with Crippen LogP contribution in [0.3, 0.4) is 0 Å². The van der Waals surface area contributed by atoms with Gasteiger partial charge in [-0.1, -0.05) is 24.4 Å². The smallest absolute Gasteiger partial charge is 0.287 e. The lowest BCUT2D eigenvalue weighted by atomic mass is 9.91. The summed E-state index contributed by atoms with van der Waals surface area (Å²) in [6, 6.07) is 0.274. The van der Waals surface area contributed by atoms with E-state index < -0.39 is 0 Å². The molecule has 5 nitrogen and oxygen atoms in total. The van der Waals surface area contributed by atoms with Crippen molar-refractivity contribution < 1.29 is 0 Å². The first-order valence-electron chi connectivity index (χ1n) is 6.80. The van der Waals surface area contributed by atoms with Gasteiger partial charge in [-0.15, -0.1) is 0 Å². The number of hydrogen-bond donors (Lipinski definition) is 2. The molecule has 1 fully saturated rings. The zero-order chi connectivity index (χ0) is 14.0. The highest BCUT2D eigenvalue weighted by atomic mass is 35.5. The summed E-state index contributed by atoms with van der Waals surface area (Å²) in [5, 5.41) is 7.61. The van der Waals surface area contributed by atoms with E-state index in [-0.39, 0.29) is 28.7 Å². The molecule has 1 heterocycles. The van der Waals surface area contributed by atoms with E-state index in [2.05, 4.69) is 10.4 Å². The number of nitrogens with zero attached hydrogens (tertiary/aromatic N) is 2. The lowest BCUT2D eigenvalue weighted by Crippen LogP contribution is -2.43. The van der Waals surface area contributed by atoms with E-state index in [9.17, 15) is 4.79 Å². The molecule has 0 amide bonds. The highest BCUT2D eigenvalue weighted by Crippen LogP contribution is 2.23. The third kappa shape index (κ3) is 3.09. The molecule has 0 aliphatic heterocycles. The Morgan fingerprint density at radius 2 is 2.16 bits per heavy atom. The van der Waals surface area contributed by atoms with Crippen molar-refractivity contribution in [3.05, 3.63) is 21.6 Å². The lowest BCUT2D eigenvalue weighted by Gasteiger charge is -2.30. The predicted octanol–water partition coefficient (Wildman–Crippen LogP) is 2.16. The monoisotopic (exact) mass is 284 g/mol. The van der Waals surface area contributed by atoms with Crippen molar-refractivity contribution in [2.45, 2.75) is 57.7 Å². The summed E-state index contributed by atoms with van der Waals surface area (Å²) >= 11 is 6.13. The third-order valence-electron chi connectivity index (χ3n) is 3.59. The van der Waals surface area contributed by atoms with Crippen molar-refractivity contribution in [2.75, 3.05) is 5.32 Å². The molecule has 1 aromatic rings. The van der Waals surface area contributed by atoms with Crippen LogP contribution in [-0.4, -0.2) is 21.9 Å². The maximum atomic E-state index is 12.1. The van der Waals surface area contributed by atoms with Crippen LogP contribution in [0.1, 0.15) is 45.6 Å². The number of halogens is 1. The number of hydrogen-bond acceptors (Lipinski definition) is 4. The van der Waals surface area contributed by atoms with Crippen molar-refractivity contribution in [1.82, 2.24) is 9.78 Å². The first kappa shape index (κ1) is 14.3. The van der Waals surface area contributed by atoms with E-state index in [1.54, 1.807) is 6.20 Å². The molecule has 0 bridgehead atoms. The molecule has 2 rings (SSSR count). The lowest BCUT2D eigenvalue weighted by molar-refractivity contribution is 0.403. The minimum Gasteiger partial charge on any atom is -0.378 e. The number of rotatable bonds is 3. The van der Waals surface area contributed by atoms with Crippen molar-refractivity contribution >= 4 is 17.3 Å². The summed E-state index contributed by atoms with van der Waals surface area (Å²) in [4.78, 5) is 12.1. The van der Waals surface area contributed by atoms with Gasteiger partial charge in [-0.3, -0.25) is 4.79 Å². The van der Waals surface area contributed by atoms with Crippen LogP contribution >= 0.6 is 11.6 Å². The predicted molar refractivity (Wildman–Crippen MR) is 77.7 cm³/mol. The SMILES string of the molecule is CC(C)n1ncc(NC2CCCCC2N)c(Cl)c1=O. The van der Waals surface area contributed by atoms with Crippen LogP contribution in [0.25, 0.3) is 0 Å². The van der Waals surface area contributed by atoms with Gasteiger partial charge in [0.05, 0.1) is 17.9 Å². The van der Waals surface area contributed by atoms with Crippen LogP contribution in [0.15, 0.2) is 11.0 Å². The quantitative estimate of drug-likeness (QED) is 0.892. The maximum Gasteiger partial charge on any atom is 0.287 e. The summed E-state index contributed by atoms with van der Waals surface area (Å²) in [6.07, 6.45) is 5.95. The van der Waals surface area contributed by atoms with Gasteiger partial charge in [0.25, 0.3) is 5.56 Å². The highest BCUT2D eigenvalue weighted by molar-refractivity contribution is 6.32. The average molecular weight is 285 g/mol. The summed E-state index contributed by atoms with van der Waals surface area (Å²) in [5.41, 5.74) is 6.41. The fraction of sp³-hybridized carbons (Fsp3) is 0.692. The van der Waals surface area contributed by atoms with E-state index in [0.717, 1.165) is 19.3 Å². The maximum absolute atomic E-state index is 12.1. The molecular formula is C13H21ClN4O. The largest absolute Gasteiger partial charge is 0.378 e. The summed E-state index contributed by atoms with van der Waals surface area (Å²) < 4.78 is 1.38. The molecular weight excluding hydrogens is 264 g/mol. The second kappa shape index (κ2) is 5.92. The van der Waals surface area contributed by atoms with Crippen molar-refractivity contribution in [1.29, 1.82) is 0 Å². The van der Waals surface area contributed by atoms with Crippen LogP contribution < -0.4 is 16.6 Å². The minimum absolute atomic E-state index is 0.00372. The molecule has 106 valence electrons. The number of nitrogens with two attached hydrogens (primary N) is 1. The van der Waals surface area contributed by atoms with Gasteiger partial charge in [0, 0.05) is 12.1 Å². The molecule has 2 unspecified atom stereocenters. The van der Waals surface area contributed by atoms with Gasteiger partial charge in [0.15, 0.2) is 0 Å². The number of nitrogens with one attached hydrogen (secondary N) is 1. The first-order valence-corrected chi connectivity index (χ1v) is 7.18. The first-order chi connectivity index (χ1) is 9.00. The van der Waals surface area contributed by atoms with Gasteiger partial charge >= 0.3 is 0 Å². The zero-order valence-electron chi connectivity index (χ0n) is 11.4. The molecule has 1 aliphatic carbocycles. The number of anilines is 1. The van der Waals surface area contributed by atoms with Crippen LogP contribution in [0.5, 0.6) is 0 Å². The second-order valence-corrected chi connectivity index (χ2v) is 5.79. The normalized spacial score (nSPS) is 23.6. The van der Waals surface area contributed by atoms with Gasteiger partial charge in [0.2, 0.25) is 0 Å². The molecule has 1 saturated carbocycles. The van der Waals surface area contributed by atoms with Gasteiger partial charge in [-0.05, 0) is 26.7 Å². The zero-order valence-corrected chi connectivity index (χ0v) is 12.2. The third-order valence-corrected chi connectivity index (χ3v) is 3.96. The minimum atomic E-state index is -0.258. The highest BCUT2D eigenvalue weighted by Gasteiger charge is 2.23. The Morgan fingerprint density at radius 3 is 2.79 bits per heavy atom. The van der Waals surface area contributed by atoms with Crippen molar-refractivity contribution in [2.24, 2.45) is 5.73 Å². The van der Waals surface area contributed by atoms with Crippen LogP contribution in [0, 0.1) is 0 Å². The van der Waals surface area contributed by atoms with Crippen molar-refractivity contribution in [3.63, 3.8) is 0 Å². The Labute approximate surface area is 118 Å². The Hall–Kier alpha value is -1.07. The molecule has 1 aliphatic rings. The van der Waals surface area contributed by atoms with Crippen molar-refractivity contribution in [3.8, 4) is 0 Å². The fourth-order valence-electron chi connectivity index (χ4n) is 2.45. The Bertz CT molecular complexity index is 500. The van der Waals surface area contributed by atoms with E-state index in [0.29, 0.717) is 5.69 Å². The molecule has 2 atom stereocenters. The van der Waals surface area contributed by atoms with E-state index in [1.807, 2.05) is 13.8 Å². The molecule has 0 spiro atoms. The second-order valence-electron chi connectivity index (χ2n) is 5.41. The Balaban J connectivity index is 2.21. The molecule has 0 aromatic carbocycles. The summed E-state index contributed by atoms with van der Waals surface area (Å²) in [6.45, 7) is 3.80. The van der Waals surface area contributed by atoms with Crippen LogP contribution in [0.2, 0.25) is 5.02 Å². The topological polar surface area (TPSA) is 72.9 Å². The summed E-state index contributed by atoms with van der Waals surface area (Å²) in [5.74, 6) is 0. The Morgan fingerprint density at radius 1 is 1.47 bits per heavy atom. The standard InChI is InChI=1S/C13H21ClN4O/c1-8(2)18-13(19)12(14)11(7-16-18)17-10-6-4-3-5-9(10)15/h7-10,17H,3-6,15H2,1-2H3. The van der Waals surface area contributed by atoms with E-state index in [1.165, 1.54) is 11.1 Å². The van der Waals surface area contributed by atoms with E-state index >= 15 is 0 Å². The summed E-state index contributed by atoms with van der Waals surface area (Å²) in [7, 11) is 0. The van der Waals surface area contributed by atoms with Gasteiger partial charge in [0.1, 0.15) is 5.02 Å². The molecule has 0 saturated heterocycles. The molecule has 6 heteroatoms. The van der Waals surface area contributed by atoms with Gasteiger partial charge < -0.3 is 11.1 Å². The average Bonchev–Trinajstić information content (AvgIpc) is 2.37. The van der Waals surface area contributed by atoms with Crippen LogP contribution in [-0.2, 0) is 0 Å². The Kier molecular flexibility index (Phi) is 4.47. The van der Waals surface area contributed by atoms with Gasteiger partial charge in [-0.2, -0.15) is 5.10 Å². The van der Waals surface area contributed by atoms with Gasteiger partial charge in [-0.25, -0.2) is 4.68 Å². The molecule has 3 N–H and O–H groups in total.